The van der Waals surface area contributed by atoms with Crippen LogP contribution < -0.4 is 5.32 Å². The summed E-state index contributed by atoms with van der Waals surface area (Å²) in [6.45, 7) is 4.70. The van der Waals surface area contributed by atoms with Crippen LogP contribution in [-0.4, -0.2) is 41.3 Å². The molecule has 1 heterocycles. The van der Waals surface area contributed by atoms with Crippen molar-refractivity contribution >= 4 is 29.9 Å². The topological polar surface area (TPSA) is 45.5 Å². The van der Waals surface area contributed by atoms with Gasteiger partial charge in [-0.2, -0.15) is 5.10 Å². The van der Waals surface area contributed by atoms with Crippen molar-refractivity contribution in [3.8, 4) is 0 Å². The number of nitrogens with one attached hydrogen (secondary N) is 1. The van der Waals surface area contributed by atoms with Crippen LogP contribution in [0.2, 0.25) is 0 Å². The fraction of sp³-hybridized carbons (Fsp3) is 0.412. The van der Waals surface area contributed by atoms with Crippen LogP contribution in [0.15, 0.2) is 47.7 Å². The molecule has 126 valence electrons. The van der Waals surface area contributed by atoms with Gasteiger partial charge in [0.05, 0.1) is 6.20 Å². The van der Waals surface area contributed by atoms with Gasteiger partial charge in [0.15, 0.2) is 5.96 Å². The maximum absolute atomic E-state index is 4.34. The average Bonchev–Trinajstić information content (AvgIpc) is 2.93. The summed E-state index contributed by atoms with van der Waals surface area (Å²) in [5.41, 5.74) is 2.48. The highest BCUT2D eigenvalue weighted by atomic mass is 127. The molecular formula is C17H26IN5. The van der Waals surface area contributed by atoms with Gasteiger partial charge in [-0.15, -0.1) is 24.0 Å². The van der Waals surface area contributed by atoms with Gasteiger partial charge in [0.2, 0.25) is 0 Å². The summed E-state index contributed by atoms with van der Waals surface area (Å²) in [5, 5.41) is 7.69. The summed E-state index contributed by atoms with van der Waals surface area (Å²) in [6.07, 6.45) is 4.97. The fourth-order valence-corrected chi connectivity index (χ4v) is 2.35. The van der Waals surface area contributed by atoms with E-state index in [0.717, 1.165) is 32.0 Å². The maximum atomic E-state index is 4.34. The molecule has 0 spiro atoms. The molecule has 0 bridgehead atoms. The molecule has 0 atom stereocenters. The third kappa shape index (κ3) is 6.60. The van der Waals surface area contributed by atoms with E-state index in [9.17, 15) is 0 Å². The zero-order chi connectivity index (χ0) is 15.8. The minimum absolute atomic E-state index is 0. The summed E-state index contributed by atoms with van der Waals surface area (Å²) < 4.78 is 1.98. The lowest BCUT2D eigenvalue weighted by molar-refractivity contribution is 0.471. The third-order valence-corrected chi connectivity index (χ3v) is 3.45. The predicted octanol–water partition coefficient (Wildman–Crippen LogP) is 2.91. The second kappa shape index (κ2) is 10.3. The van der Waals surface area contributed by atoms with E-state index in [1.807, 2.05) is 24.0 Å². The van der Waals surface area contributed by atoms with Crippen LogP contribution in [0.1, 0.15) is 17.5 Å². The number of aryl methyl sites for hydroxylation is 2. The first-order valence-electron chi connectivity index (χ1n) is 7.64. The van der Waals surface area contributed by atoms with Crippen molar-refractivity contribution in [1.82, 2.24) is 20.0 Å². The molecule has 2 rings (SSSR count). The summed E-state index contributed by atoms with van der Waals surface area (Å²) >= 11 is 0. The Morgan fingerprint density at radius 3 is 2.65 bits per heavy atom. The van der Waals surface area contributed by atoms with Crippen molar-refractivity contribution in [1.29, 1.82) is 0 Å². The van der Waals surface area contributed by atoms with Crippen molar-refractivity contribution in [3.63, 3.8) is 0 Å². The fourth-order valence-electron chi connectivity index (χ4n) is 2.35. The molecule has 0 aliphatic carbocycles. The molecule has 0 saturated carbocycles. The molecule has 2 aromatic rings. The van der Waals surface area contributed by atoms with Crippen molar-refractivity contribution in [2.75, 3.05) is 20.6 Å². The van der Waals surface area contributed by atoms with Crippen LogP contribution in [-0.2, 0) is 13.1 Å². The highest BCUT2D eigenvalue weighted by molar-refractivity contribution is 14.0. The lowest BCUT2D eigenvalue weighted by atomic mass is 10.2. The molecule has 6 heteroatoms. The number of hydrogen-bond acceptors (Lipinski definition) is 2. The second-order valence-electron chi connectivity index (χ2n) is 5.45. The lowest BCUT2D eigenvalue weighted by Crippen LogP contribution is -2.39. The van der Waals surface area contributed by atoms with Gasteiger partial charge in [0, 0.05) is 39.9 Å². The molecule has 0 saturated heterocycles. The Morgan fingerprint density at radius 1 is 1.30 bits per heavy atom. The number of guanidine groups is 1. The van der Waals surface area contributed by atoms with Crippen LogP contribution in [0.5, 0.6) is 0 Å². The molecule has 0 fully saturated rings. The quantitative estimate of drug-likeness (QED) is 0.334. The predicted molar refractivity (Wildman–Crippen MR) is 106 cm³/mol. The van der Waals surface area contributed by atoms with E-state index in [4.69, 9.17) is 0 Å². The smallest absolute Gasteiger partial charge is 0.193 e. The molecule has 0 unspecified atom stereocenters. The SMILES string of the molecule is CN=C(NCCCn1cc(C)cn1)N(C)Cc1ccccc1.I. The largest absolute Gasteiger partial charge is 0.356 e. The van der Waals surface area contributed by atoms with E-state index in [0.29, 0.717) is 0 Å². The molecule has 0 aliphatic rings. The normalized spacial score (nSPS) is 11.0. The van der Waals surface area contributed by atoms with Crippen LogP contribution >= 0.6 is 24.0 Å². The van der Waals surface area contributed by atoms with Gasteiger partial charge in [0.25, 0.3) is 0 Å². The Balaban J connectivity index is 0.00000264. The zero-order valence-electron chi connectivity index (χ0n) is 14.1. The summed E-state index contributed by atoms with van der Waals surface area (Å²) in [7, 11) is 3.87. The minimum atomic E-state index is 0. The van der Waals surface area contributed by atoms with Gasteiger partial charge >= 0.3 is 0 Å². The Hall–Kier alpha value is -1.57. The monoisotopic (exact) mass is 427 g/mol. The molecule has 1 aromatic heterocycles. The van der Waals surface area contributed by atoms with Crippen molar-refractivity contribution in [3.05, 3.63) is 53.9 Å². The first-order valence-corrected chi connectivity index (χ1v) is 7.64. The molecule has 5 nitrogen and oxygen atoms in total. The van der Waals surface area contributed by atoms with E-state index in [-0.39, 0.29) is 24.0 Å². The van der Waals surface area contributed by atoms with E-state index < -0.39 is 0 Å². The Morgan fingerprint density at radius 2 is 2.04 bits per heavy atom. The van der Waals surface area contributed by atoms with Crippen LogP contribution in [0.25, 0.3) is 0 Å². The van der Waals surface area contributed by atoms with Gasteiger partial charge in [0.1, 0.15) is 0 Å². The number of rotatable bonds is 6. The first-order chi connectivity index (χ1) is 10.7. The first kappa shape index (κ1) is 19.5. The molecule has 0 radical (unpaired) electrons. The Labute approximate surface area is 155 Å². The van der Waals surface area contributed by atoms with Crippen molar-refractivity contribution in [2.24, 2.45) is 4.99 Å². The van der Waals surface area contributed by atoms with Gasteiger partial charge < -0.3 is 10.2 Å². The summed E-state index contributed by atoms with van der Waals surface area (Å²) in [5.74, 6) is 0.917. The molecule has 1 N–H and O–H groups in total. The van der Waals surface area contributed by atoms with Gasteiger partial charge in [-0.25, -0.2) is 0 Å². The Kier molecular flexibility index (Phi) is 8.68. The molecule has 23 heavy (non-hydrogen) atoms. The summed E-state index contributed by atoms with van der Waals surface area (Å²) in [6, 6.07) is 10.4. The molecular weight excluding hydrogens is 401 g/mol. The highest BCUT2D eigenvalue weighted by Gasteiger charge is 2.05. The number of aromatic nitrogens is 2. The zero-order valence-corrected chi connectivity index (χ0v) is 16.4. The third-order valence-electron chi connectivity index (χ3n) is 3.45. The van der Waals surface area contributed by atoms with Crippen LogP contribution in [0.3, 0.4) is 0 Å². The van der Waals surface area contributed by atoms with E-state index in [2.05, 4.69) is 64.7 Å². The number of aliphatic imine (C=N–C) groups is 1. The van der Waals surface area contributed by atoms with Crippen LogP contribution in [0, 0.1) is 6.92 Å². The number of hydrogen-bond donors (Lipinski definition) is 1. The number of benzene rings is 1. The minimum Gasteiger partial charge on any atom is -0.356 e. The standard InChI is InChI=1S/C17H25N5.HI/c1-15-12-20-22(13-15)11-7-10-19-17(18-2)21(3)14-16-8-5-4-6-9-16;/h4-6,8-9,12-13H,7,10-11,14H2,1-3H3,(H,18,19);1H. The van der Waals surface area contributed by atoms with Gasteiger partial charge in [-0.3, -0.25) is 9.67 Å². The second-order valence-corrected chi connectivity index (χ2v) is 5.45. The van der Waals surface area contributed by atoms with Crippen molar-refractivity contribution in [2.45, 2.75) is 26.4 Å². The number of halogens is 1. The molecule has 0 amide bonds. The number of nitrogens with zero attached hydrogens (tertiary/aromatic N) is 4. The molecule has 0 aliphatic heterocycles. The average molecular weight is 427 g/mol. The Bertz CT molecular complexity index is 594. The van der Waals surface area contributed by atoms with E-state index >= 15 is 0 Å². The van der Waals surface area contributed by atoms with Gasteiger partial charge in [-0.1, -0.05) is 30.3 Å². The van der Waals surface area contributed by atoms with Gasteiger partial charge in [-0.05, 0) is 24.5 Å². The highest BCUT2D eigenvalue weighted by Crippen LogP contribution is 2.02. The van der Waals surface area contributed by atoms with Crippen molar-refractivity contribution < 1.29 is 0 Å². The lowest BCUT2D eigenvalue weighted by Gasteiger charge is -2.22. The molecule has 1 aromatic carbocycles. The maximum Gasteiger partial charge on any atom is 0.193 e. The van der Waals surface area contributed by atoms with E-state index in [1.165, 1.54) is 11.1 Å². The van der Waals surface area contributed by atoms with Crippen LogP contribution in [0.4, 0.5) is 0 Å². The summed E-state index contributed by atoms with van der Waals surface area (Å²) in [4.78, 5) is 6.47. The van der Waals surface area contributed by atoms with E-state index in [1.54, 1.807) is 0 Å².